The molecule has 0 aromatic heterocycles. The largest absolute Gasteiger partial charge is 0.494 e. The molecule has 2 aromatic rings. The molecule has 0 heterocycles. The second-order valence-electron chi connectivity index (χ2n) is 7.18. The number of ether oxygens (including phenoxy) is 1. The van der Waals surface area contributed by atoms with Crippen LogP contribution in [0.4, 0.5) is 0 Å². The van der Waals surface area contributed by atoms with Gasteiger partial charge >= 0.3 is 0 Å². The number of aliphatic hydroxyl groups is 1. The third-order valence-electron chi connectivity index (χ3n) is 4.37. The van der Waals surface area contributed by atoms with Gasteiger partial charge in [0, 0.05) is 18.4 Å². The molecule has 0 fully saturated rings. The monoisotopic (exact) mass is 355 g/mol. The summed E-state index contributed by atoms with van der Waals surface area (Å²) in [5.41, 5.74) is 1.95. The third kappa shape index (κ3) is 6.89. The molecular weight excluding hydrogens is 326 g/mol. The fourth-order valence-corrected chi connectivity index (χ4v) is 2.79. The molecule has 0 bridgehead atoms. The van der Waals surface area contributed by atoms with E-state index in [1.54, 1.807) is 0 Å². The van der Waals surface area contributed by atoms with Gasteiger partial charge in [0.15, 0.2) is 0 Å². The summed E-state index contributed by atoms with van der Waals surface area (Å²) in [5.74, 6) is 0.826. The van der Waals surface area contributed by atoms with E-state index in [9.17, 15) is 9.90 Å². The highest BCUT2D eigenvalue weighted by Crippen LogP contribution is 2.21. The van der Waals surface area contributed by atoms with E-state index in [0.29, 0.717) is 26.0 Å². The van der Waals surface area contributed by atoms with Crippen molar-refractivity contribution in [1.29, 1.82) is 0 Å². The zero-order chi connectivity index (χ0) is 18.8. The molecule has 0 aliphatic rings. The van der Waals surface area contributed by atoms with Crippen LogP contribution in [-0.2, 0) is 11.2 Å². The van der Waals surface area contributed by atoms with Gasteiger partial charge in [-0.3, -0.25) is 4.79 Å². The zero-order valence-corrected chi connectivity index (χ0v) is 15.7. The molecule has 0 aliphatic carbocycles. The Balaban J connectivity index is 1.69. The summed E-state index contributed by atoms with van der Waals surface area (Å²) in [4.78, 5) is 12.1. The summed E-state index contributed by atoms with van der Waals surface area (Å²) in [7, 11) is 0. The van der Waals surface area contributed by atoms with Crippen LogP contribution in [-0.4, -0.2) is 30.8 Å². The molecule has 140 valence electrons. The maximum absolute atomic E-state index is 12.1. The highest BCUT2D eigenvalue weighted by molar-refractivity contribution is 5.75. The molecule has 0 spiro atoms. The Bertz CT molecular complexity index is 687. The Labute approximate surface area is 156 Å². The molecule has 0 aliphatic heterocycles. The maximum Gasteiger partial charge on any atom is 0.220 e. The van der Waals surface area contributed by atoms with Crippen LogP contribution in [0.25, 0.3) is 0 Å². The van der Waals surface area contributed by atoms with Crippen molar-refractivity contribution in [3.8, 4) is 5.75 Å². The van der Waals surface area contributed by atoms with E-state index < -0.39 is 0 Å². The second-order valence-corrected chi connectivity index (χ2v) is 7.18. The molecule has 0 radical (unpaired) electrons. The summed E-state index contributed by atoms with van der Waals surface area (Å²) in [5, 5.41) is 12.7. The summed E-state index contributed by atoms with van der Waals surface area (Å²) >= 11 is 0. The molecular formula is C22H29NO3. The number of hydrogen-bond donors (Lipinski definition) is 2. The van der Waals surface area contributed by atoms with Gasteiger partial charge in [-0.25, -0.2) is 0 Å². The van der Waals surface area contributed by atoms with Crippen LogP contribution < -0.4 is 10.1 Å². The van der Waals surface area contributed by atoms with Crippen LogP contribution in [0, 0.1) is 12.3 Å². The molecule has 26 heavy (non-hydrogen) atoms. The minimum absolute atomic E-state index is 0.00872. The lowest BCUT2D eigenvalue weighted by molar-refractivity contribution is -0.121. The Morgan fingerprint density at radius 2 is 1.92 bits per heavy atom. The maximum atomic E-state index is 12.1. The number of rotatable bonds is 10. The van der Waals surface area contributed by atoms with Gasteiger partial charge in [-0.05, 0) is 43.0 Å². The molecule has 0 saturated heterocycles. The minimum Gasteiger partial charge on any atom is -0.494 e. The first kappa shape index (κ1) is 20.0. The van der Waals surface area contributed by atoms with Crippen molar-refractivity contribution in [3.05, 3.63) is 65.7 Å². The normalized spacial score (nSPS) is 13.0. The number of aliphatic hydroxyl groups excluding tert-OH is 1. The van der Waals surface area contributed by atoms with E-state index in [-0.39, 0.29) is 17.9 Å². The summed E-state index contributed by atoms with van der Waals surface area (Å²) < 4.78 is 5.66. The molecule has 2 aromatic carbocycles. The Hall–Kier alpha value is -2.33. The molecule has 2 rings (SSSR count). The standard InChI is InChI=1S/C22H29NO3/c1-18-8-6-11-20(14-18)26-13-7-12-21(25)23-16-22(2,17-24)15-19-9-4-3-5-10-19/h3-6,8-11,14,24H,7,12-13,15-17H2,1-2H3,(H,23,25)/t22-/m1/s1. The molecule has 4 nitrogen and oxygen atoms in total. The Kier molecular flexibility index (Phi) is 7.67. The number of carbonyl (C=O) groups excluding carboxylic acids is 1. The lowest BCUT2D eigenvalue weighted by atomic mass is 9.84. The smallest absolute Gasteiger partial charge is 0.220 e. The summed E-state index contributed by atoms with van der Waals surface area (Å²) in [6.07, 6.45) is 1.80. The van der Waals surface area contributed by atoms with Crippen molar-refractivity contribution in [2.45, 2.75) is 33.1 Å². The summed E-state index contributed by atoms with van der Waals surface area (Å²) in [6, 6.07) is 17.9. The molecule has 4 heteroatoms. The lowest BCUT2D eigenvalue weighted by Crippen LogP contribution is -2.39. The molecule has 0 saturated carbocycles. The average molecular weight is 355 g/mol. The van der Waals surface area contributed by atoms with Crippen molar-refractivity contribution in [2.24, 2.45) is 5.41 Å². The first-order chi connectivity index (χ1) is 12.5. The predicted molar refractivity (Wildman–Crippen MR) is 104 cm³/mol. The lowest BCUT2D eigenvalue weighted by Gasteiger charge is -2.27. The van der Waals surface area contributed by atoms with Gasteiger partial charge < -0.3 is 15.2 Å². The van der Waals surface area contributed by atoms with Crippen LogP contribution >= 0.6 is 0 Å². The zero-order valence-electron chi connectivity index (χ0n) is 15.7. The van der Waals surface area contributed by atoms with Crippen molar-refractivity contribution in [1.82, 2.24) is 5.32 Å². The Morgan fingerprint density at radius 3 is 2.62 bits per heavy atom. The van der Waals surface area contributed by atoms with E-state index in [4.69, 9.17) is 4.74 Å². The highest BCUT2D eigenvalue weighted by Gasteiger charge is 2.24. The van der Waals surface area contributed by atoms with Crippen LogP contribution in [0.3, 0.4) is 0 Å². The van der Waals surface area contributed by atoms with Crippen molar-refractivity contribution >= 4 is 5.91 Å². The van der Waals surface area contributed by atoms with E-state index in [0.717, 1.165) is 23.3 Å². The molecule has 1 amide bonds. The van der Waals surface area contributed by atoms with Gasteiger partial charge in [-0.1, -0.05) is 49.4 Å². The first-order valence-corrected chi connectivity index (χ1v) is 9.12. The van der Waals surface area contributed by atoms with Gasteiger partial charge in [0.05, 0.1) is 13.2 Å². The van der Waals surface area contributed by atoms with Crippen molar-refractivity contribution < 1.29 is 14.6 Å². The van der Waals surface area contributed by atoms with E-state index in [1.165, 1.54) is 0 Å². The highest BCUT2D eigenvalue weighted by atomic mass is 16.5. The van der Waals surface area contributed by atoms with Crippen molar-refractivity contribution in [2.75, 3.05) is 19.8 Å². The van der Waals surface area contributed by atoms with Gasteiger partial charge in [-0.2, -0.15) is 0 Å². The van der Waals surface area contributed by atoms with E-state index in [1.807, 2.05) is 68.4 Å². The Morgan fingerprint density at radius 1 is 1.15 bits per heavy atom. The van der Waals surface area contributed by atoms with E-state index in [2.05, 4.69) is 5.32 Å². The van der Waals surface area contributed by atoms with Crippen molar-refractivity contribution in [3.63, 3.8) is 0 Å². The SMILES string of the molecule is Cc1cccc(OCCCC(=O)NC[C@](C)(CO)Cc2ccccc2)c1. The number of carbonyl (C=O) groups is 1. The van der Waals surface area contributed by atoms with Crippen LogP contribution in [0.1, 0.15) is 30.9 Å². The minimum atomic E-state index is -0.366. The van der Waals surface area contributed by atoms with Crippen LogP contribution in [0.2, 0.25) is 0 Å². The fourth-order valence-electron chi connectivity index (χ4n) is 2.79. The van der Waals surface area contributed by atoms with Gasteiger partial charge in [0.1, 0.15) is 5.75 Å². The number of aryl methyl sites for hydroxylation is 1. The molecule has 1 atom stereocenters. The quantitative estimate of drug-likeness (QED) is 0.641. The average Bonchev–Trinajstić information content (AvgIpc) is 2.64. The van der Waals surface area contributed by atoms with Gasteiger partial charge in [0.25, 0.3) is 0 Å². The predicted octanol–water partition coefficient (Wildman–Crippen LogP) is 3.51. The number of hydrogen-bond acceptors (Lipinski definition) is 3. The second kappa shape index (κ2) is 9.97. The third-order valence-corrected chi connectivity index (χ3v) is 4.37. The first-order valence-electron chi connectivity index (χ1n) is 9.12. The fraction of sp³-hybridized carbons (Fsp3) is 0.409. The van der Waals surface area contributed by atoms with E-state index >= 15 is 0 Å². The van der Waals surface area contributed by atoms with Crippen LogP contribution in [0.15, 0.2) is 54.6 Å². The number of nitrogens with one attached hydrogen (secondary N) is 1. The van der Waals surface area contributed by atoms with Gasteiger partial charge in [0.2, 0.25) is 5.91 Å². The molecule has 0 unspecified atom stereocenters. The van der Waals surface area contributed by atoms with Crippen LogP contribution in [0.5, 0.6) is 5.75 Å². The topological polar surface area (TPSA) is 58.6 Å². The number of amides is 1. The number of benzene rings is 2. The van der Waals surface area contributed by atoms with Gasteiger partial charge in [-0.15, -0.1) is 0 Å². The summed E-state index contributed by atoms with van der Waals surface area (Å²) in [6.45, 7) is 5.00. The molecule has 2 N–H and O–H groups in total.